The van der Waals surface area contributed by atoms with Crippen LogP contribution >= 0.6 is 23.1 Å². The zero-order chi connectivity index (χ0) is 18.4. The van der Waals surface area contributed by atoms with Crippen molar-refractivity contribution in [3.63, 3.8) is 0 Å². The van der Waals surface area contributed by atoms with Gasteiger partial charge >= 0.3 is 11.8 Å². The molecule has 0 radical (unpaired) electrons. The molecular weight excluding hydrogens is 368 g/mol. The Morgan fingerprint density at radius 1 is 1.15 bits per heavy atom. The lowest BCUT2D eigenvalue weighted by atomic mass is 9.78. The van der Waals surface area contributed by atoms with Gasteiger partial charge in [-0.15, -0.1) is 23.1 Å². The predicted octanol–water partition coefficient (Wildman–Crippen LogP) is 3.27. The first-order chi connectivity index (χ1) is 12.6. The molecule has 3 rings (SSSR count). The summed E-state index contributed by atoms with van der Waals surface area (Å²) in [6.45, 7) is 1.77. The van der Waals surface area contributed by atoms with Gasteiger partial charge in [0.25, 0.3) is 0 Å². The summed E-state index contributed by atoms with van der Waals surface area (Å²) < 4.78 is 5.49. The second-order valence-corrected chi connectivity index (χ2v) is 8.00. The Kier molecular flexibility index (Phi) is 6.34. The Morgan fingerprint density at radius 3 is 2.62 bits per heavy atom. The van der Waals surface area contributed by atoms with Crippen LogP contribution in [0.1, 0.15) is 17.7 Å². The van der Waals surface area contributed by atoms with E-state index < -0.39 is 11.8 Å². The molecule has 0 unspecified atom stereocenters. The fourth-order valence-electron chi connectivity index (χ4n) is 3.11. The molecule has 1 saturated heterocycles. The molecule has 1 fully saturated rings. The molecule has 5 nitrogen and oxygen atoms in total. The number of amides is 2. The highest BCUT2D eigenvalue weighted by Crippen LogP contribution is 2.37. The molecule has 26 heavy (non-hydrogen) atoms. The summed E-state index contributed by atoms with van der Waals surface area (Å²) in [5, 5.41) is 7.58. The molecule has 7 heteroatoms. The largest absolute Gasteiger partial charge is 0.381 e. The van der Waals surface area contributed by atoms with Gasteiger partial charge in [0.1, 0.15) is 0 Å². The predicted molar refractivity (Wildman–Crippen MR) is 106 cm³/mol. The molecule has 1 aromatic heterocycles. The number of ether oxygens (including phenoxy) is 1. The van der Waals surface area contributed by atoms with E-state index in [1.807, 2.05) is 35.9 Å². The molecule has 1 aromatic carbocycles. The van der Waals surface area contributed by atoms with E-state index in [-0.39, 0.29) is 5.41 Å². The first-order valence-electron chi connectivity index (χ1n) is 8.48. The van der Waals surface area contributed by atoms with Crippen LogP contribution in [0.25, 0.3) is 0 Å². The Morgan fingerprint density at radius 2 is 1.92 bits per heavy atom. The smallest absolute Gasteiger partial charge is 0.313 e. The zero-order valence-electron chi connectivity index (χ0n) is 14.6. The van der Waals surface area contributed by atoms with Gasteiger partial charge in [0.2, 0.25) is 0 Å². The number of anilines is 1. The van der Waals surface area contributed by atoms with Crippen LogP contribution in [0.5, 0.6) is 0 Å². The third-order valence-electron chi connectivity index (χ3n) is 4.64. The van der Waals surface area contributed by atoms with Crippen molar-refractivity contribution >= 4 is 40.6 Å². The van der Waals surface area contributed by atoms with E-state index in [1.54, 1.807) is 17.4 Å². The van der Waals surface area contributed by atoms with E-state index >= 15 is 0 Å². The molecule has 1 aliphatic rings. The van der Waals surface area contributed by atoms with Crippen LogP contribution in [0.15, 0.2) is 46.7 Å². The van der Waals surface area contributed by atoms with Gasteiger partial charge in [-0.25, -0.2) is 0 Å². The standard InChI is InChI=1S/C19H22N2O3S2/c1-25-15-6-3-2-5-14(15)21-18(23)17(22)20-13-19(8-10-24-11-9-19)16-7-4-12-26-16/h2-7,12H,8-11,13H2,1H3,(H,20,22)(H,21,23). The Bertz CT molecular complexity index is 756. The van der Waals surface area contributed by atoms with E-state index in [1.165, 1.54) is 16.6 Å². The van der Waals surface area contributed by atoms with Crippen LogP contribution in [0, 0.1) is 0 Å². The van der Waals surface area contributed by atoms with E-state index in [0.717, 1.165) is 17.7 Å². The van der Waals surface area contributed by atoms with Crippen molar-refractivity contribution in [3.05, 3.63) is 46.7 Å². The summed E-state index contributed by atoms with van der Waals surface area (Å²) in [5.74, 6) is -1.25. The lowest BCUT2D eigenvalue weighted by Gasteiger charge is -2.36. The van der Waals surface area contributed by atoms with E-state index in [0.29, 0.717) is 25.4 Å². The Balaban J connectivity index is 1.64. The minimum absolute atomic E-state index is 0.153. The molecule has 0 aliphatic carbocycles. The third-order valence-corrected chi connectivity index (χ3v) is 6.55. The Labute approximate surface area is 161 Å². The highest BCUT2D eigenvalue weighted by Gasteiger charge is 2.36. The van der Waals surface area contributed by atoms with Crippen molar-refractivity contribution in [1.29, 1.82) is 0 Å². The van der Waals surface area contributed by atoms with E-state index in [9.17, 15) is 9.59 Å². The normalized spacial score (nSPS) is 16.0. The minimum Gasteiger partial charge on any atom is -0.381 e. The molecule has 0 bridgehead atoms. The van der Waals surface area contributed by atoms with Crippen molar-refractivity contribution in [2.45, 2.75) is 23.2 Å². The van der Waals surface area contributed by atoms with Gasteiger partial charge in [0, 0.05) is 34.9 Å². The van der Waals surface area contributed by atoms with Crippen molar-refractivity contribution < 1.29 is 14.3 Å². The third kappa shape index (κ3) is 4.28. The second kappa shape index (κ2) is 8.70. The highest BCUT2D eigenvalue weighted by molar-refractivity contribution is 7.98. The number of rotatable bonds is 5. The number of nitrogens with one attached hydrogen (secondary N) is 2. The molecule has 1 aliphatic heterocycles. The number of hydrogen-bond donors (Lipinski definition) is 2. The lowest BCUT2D eigenvalue weighted by Crippen LogP contribution is -2.46. The van der Waals surface area contributed by atoms with E-state index in [2.05, 4.69) is 16.7 Å². The fraction of sp³-hybridized carbons (Fsp3) is 0.368. The van der Waals surface area contributed by atoms with Crippen LogP contribution in [0.2, 0.25) is 0 Å². The highest BCUT2D eigenvalue weighted by atomic mass is 32.2. The van der Waals surface area contributed by atoms with Crippen molar-refractivity contribution in [2.24, 2.45) is 0 Å². The number of thiophene rings is 1. The van der Waals surface area contributed by atoms with Gasteiger partial charge in [-0.2, -0.15) is 0 Å². The molecule has 2 N–H and O–H groups in total. The lowest BCUT2D eigenvalue weighted by molar-refractivity contribution is -0.136. The molecule has 138 valence electrons. The van der Waals surface area contributed by atoms with Crippen molar-refractivity contribution in [1.82, 2.24) is 5.32 Å². The van der Waals surface area contributed by atoms with Gasteiger partial charge in [0.05, 0.1) is 5.69 Å². The summed E-state index contributed by atoms with van der Waals surface area (Å²) in [6, 6.07) is 11.6. The van der Waals surface area contributed by atoms with Gasteiger partial charge in [-0.05, 0) is 42.7 Å². The SMILES string of the molecule is CSc1ccccc1NC(=O)C(=O)NCC1(c2cccs2)CCOCC1. The average Bonchev–Trinajstić information content (AvgIpc) is 3.23. The number of hydrogen-bond acceptors (Lipinski definition) is 5. The summed E-state index contributed by atoms with van der Waals surface area (Å²) in [7, 11) is 0. The van der Waals surface area contributed by atoms with Gasteiger partial charge < -0.3 is 15.4 Å². The number of carbonyl (C=O) groups excluding carboxylic acids is 2. The van der Waals surface area contributed by atoms with Gasteiger partial charge in [-0.3, -0.25) is 9.59 Å². The van der Waals surface area contributed by atoms with Crippen LogP contribution in [-0.2, 0) is 19.7 Å². The monoisotopic (exact) mass is 390 g/mol. The molecule has 2 amide bonds. The maximum Gasteiger partial charge on any atom is 0.313 e. The first kappa shape index (κ1) is 18.9. The average molecular weight is 391 g/mol. The molecule has 0 spiro atoms. The molecule has 0 atom stereocenters. The van der Waals surface area contributed by atoms with Crippen LogP contribution in [-0.4, -0.2) is 37.8 Å². The van der Waals surface area contributed by atoms with Gasteiger partial charge in [-0.1, -0.05) is 18.2 Å². The number of benzene rings is 1. The molecule has 0 saturated carbocycles. The molecular formula is C19H22N2O3S2. The summed E-state index contributed by atoms with van der Waals surface area (Å²) in [6.07, 6.45) is 3.61. The number of thioether (sulfide) groups is 1. The first-order valence-corrected chi connectivity index (χ1v) is 10.6. The number of para-hydroxylation sites is 1. The van der Waals surface area contributed by atoms with Crippen molar-refractivity contribution in [3.8, 4) is 0 Å². The quantitative estimate of drug-likeness (QED) is 0.607. The van der Waals surface area contributed by atoms with Crippen molar-refractivity contribution in [2.75, 3.05) is 31.3 Å². The van der Waals surface area contributed by atoms with Crippen LogP contribution in [0.3, 0.4) is 0 Å². The minimum atomic E-state index is -0.639. The topological polar surface area (TPSA) is 67.4 Å². The maximum atomic E-state index is 12.3. The molecule has 2 aromatic rings. The summed E-state index contributed by atoms with van der Waals surface area (Å²) >= 11 is 3.21. The van der Waals surface area contributed by atoms with Gasteiger partial charge in [0.15, 0.2) is 0 Å². The summed E-state index contributed by atoms with van der Waals surface area (Å²) in [4.78, 5) is 26.8. The zero-order valence-corrected chi connectivity index (χ0v) is 16.3. The number of carbonyl (C=O) groups is 2. The summed E-state index contributed by atoms with van der Waals surface area (Å²) in [5.41, 5.74) is 0.499. The second-order valence-electron chi connectivity index (χ2n) is 6.21. The molecule has 2 heterocycles. The Hall–Kier alpha value is -1.83. The van der Waals surface area contributed by atoms with E-state index in [4.69, 9.17) is 4.74 Å². The van der Waals surface area contributed by atoms with Crippen LogP contribution < -0.4 is 10.6 Å². The maximum absolute atomic E-state index is 12.3. The van der Waals surface area contributed by atoms with Crippen LogP contribution in [0.4, 0.5) is 5.69 Å². The fourth-order valence-corrected chi connectivity index (χ4v) is 4.65.